The van der Waals surface area contributed by atoms with E-state index in [9.17, 15) is 4.79 Å². The Labute approximate surface area is 105 Å². The number of likely N-dealkylation sites (N-methyl/N-ethyl adjacent to an activating group) is 1. The van der Waals surface area contributed by atoms with Gasteiger partial charge >= 0.3 is 0 Å². The van der Waals surface area contributed by atoms with Gasteiger partial charge in [0.1, 0.15) is 0 Å². The number of amides is 1. The lowest BCUT2D eigenvalue weighted by molar-refractivity contribution is -0.131. The molecule has 2 fully saturated rings. The lowest BCUT2D eigenvalue weighted by Gasteiger charge is -2.30. The van der Waals surface area contributed by atoms with E-state index >= 15 is 0 Å². The zero-order valence-electron chi connectivity index (χ0n) is 11.1. The Morgan fingerprint density at radius 1 is 1.24 bits per heavy atom. The van der Waals surface area contributed by atoms with Crippen molar-refractivity contribution in [1.29, 1.82) is 0 Å². The predicted molar refractivity (Wildman–Crippen MR) is 69.9 cm³/mol. The van der Waals surface area contributed by atoms with Crippen LogP contribution in [0.25, 0.3) is 0 Å². The van der Waals surface area contributed by atoms with Gasteiger partial charge in [-0.2, -0.15) is 0 Å². The van der Waals surface area contributed by atoms with Crippen LogP contribution in [0.1, 0.15) is 51.4 Å². The summed E-state index contributed by atoms with van der Waals surface area (Å²) in [4.78, 5) is 14.1. The first-order valence-electron chi connectivity index (χ1n) is 7.26. The standard InChI is InChI=1S/C14H26N2O/c1-15-13(12-7-4-5-8-12)11-16-10-6-2-3-9-14(16)17/h12-13,15H,2-11H2,1H3. The van der Waals surface area contributed by atoms with Gasteiger partial charge in [0, 0.05) is 25.6 Å². The molecule has 1 aliphatic heterocycles. The molecule has 98 valence electrons. The minimum atomic E-state index is 0.376. The van der Waals surface area contributed by atoms with Crippen LogP contribution in [0.4, 0.5) is 0 Å². The monoisotopic (exact) mass is 238 g/mol. The van der Waals surface area contributed by atoms with Crippen molar-refractivity contribution in [1.82, 2.24) is 10.2 Å². The van der Waals surface area contributed by atoms with Gasteiger partial charge in [0.15, 0.2) is 0 Å². The Hall–Kier alpha value is -0.570. The molecule has 0 spiro atoms. The molecule has 1 N–H and O–H groups in total. The first-order valence-corrected chi connectivity index (χ1v) is 7.26. The van der Waals surface area contributed by atoms with Gasteiger partial charge in [-0.3, -0.25) is 4.79 Å². The fourth-order valence-electron chi connectivity index (χ4n) is 3.30. The van der Waals surface area contributed by atoms with Crippen molar-refractivity contribution in [3.8, 4) is 0 Å². The number of hydrogen-bond donors (Lipinski definition) is 1. The highest BCUT2D eigenvalue weighted by Crippen LogP contribution is 2.28. The minimum Gasteiger partial charge on any atom is -0.341 e. The van der Waals surface area contributed by atoms with Crippen molar-refractivity contribution in [2.24, 2.45) is 5.92 Å². The highest BCUT2D eigenvalue weighted by atomic mass is 16.2. The Morgan fingerprint density at radius 2 is 2.00 bits per heavy atom. The molecule has 0 radical (unpaired) electrons. The van der Waals surface area contributed by atoms with Crippen LogP contribution in [0.2, 0.25) is 0 Å². The molecule has 1 atom stereocenters. The average Bonchev–Trinajstić information content (AvgIpc) is 2.79. The summed E-state index contributed by atoms with van der Waals surface area (Å²) >= 11 is 0. The molecule has 17 heavy (non-hydrogen) atoms. The molecule has 1 unspecified atom stereocenters. The first-order chi connectivity index (χ1) is 8.31. The molecule has 2 aliphatic rings. The normalized spacial score (nSPS) is 25.0. The molecule has 1 amide bonds. The van der Waals surface area contributed by atoms with E-state index in [0.29, 0.717) is 11.9 Å². The zero-order chi connectivity index (χ0) is 12.1. The molecule has 3 heteroatoms. The van der Waals surface area contributed by atoms with Crippen LogP contribution in [0.5, 0.6) is 0 Å². The lowest BCUT2D eigenvalue weighted by Crippen LogP contribution is -2.45. The van der Waals surface area contributed by atoms with Crippen LogP contribution < -0.4 is 5.32 Å². The number of nitrogens with zero attached hydrogens (tertiary/aromatic N) is 1. The number of hydrogen-bond acceptors (Lipinski definition) is 2. The summed E-state index contributed by atoms with van der Waals surface area (Å²) in [5.74, 6) is 1.16. The van der Waals surface area contributed by atoms with Crippen molar-refractivity contribution >= 4 is 5.91 Å². The van der Waals surface area contributed by atoms with E-state index in [1.54, 1.807) is 0 Å². The third-order valence-electron chi connectivity index (χ3n) is 4.43. The second kappa shape index (κ2) is 6.39. The highest BCUT2D eigenvalue weighted by molar-refractivity contribution is 5.76. The number of likely N-dealkylation sites (tertiary alicyclic amines) is 1. The number of nitrogens with one attached hydrogen (secondary N) is 1. The van der Waals surface area contributed by atoms with E-state index in [-0.39, 0.29) is 0 Å². The fraction of sp³-hybridized carbons (Fsp3) is 0.929. The molecular weight excluding hydrogens is 212 g/mol. The topological polar surface area (TPSA) is 32.3 Å². The Morgan fingerprint density at radius 3 is 2.71 bits per heavy atom. The summed E-state index contributed by atoms with van der Waals surface area (Å²) in [6.45, 7) is 1.91. The van der Waals surface area contributed by atoms with Crippen molar-refractivity contribution in [3.05, 3.63) is 0 Å². The molecule has 3 nitrogen and oxygen atoms in total. The van der Waals surface area contributed by atoms with Crippen LogP contribution in [-0.4, -0.2) is 37.0 Å². The predicted octanol–water partition coefficient (Wildman–Crippen LogP) is 2.17. The van der Waals surface area contributed by atoms with Gasteiger partial charge in [0.2, 0.25) is 5.91 Å². The smallest absolute Gasteiger partial charge is 0.222 e. The third-order valence-corrected chi connectivity index (χ3v) is 4.43. The number of carbonyl (C=O) groups is 1. The van der Waals surface area contributed by atoms with E-state index < -0.39 is 0 Å². The Bertz CT molecular complexity index is 249. The van der Waals surface area contributed by atoms with Crippen LogP contribution in [0.15, 0.2) is 0 Å². The van der Waals surface area contributed by atoms with Crippen molar-refractivity contribution < 1.29 is 4.79 Å². The maximum absolute atomic E-state index is 12.0. The molecule has 1 heterocycles. The highest BCUT2D eigenvalue weighted by Gasteiger charge is 2.27. The molecule has 2 rings (SSSR count). The van der Waals surface area contributed by atoms with E-state index in [1.165, 1.54) is 38.5 Å². The van der Waals surface area contributed by atoms with Gasteiger partial charge in [-0.05, 0) is 38.6 Å². The Kier molecular flexibility index (Phi) is 4.84. The lowest BCUT2D eigenvalue weighted by atomic mass is 9.97. The van der Waals surface area contributed by atoms with Gasteiger partial charge < -0.3 is 10.2 Å². The van der Waals surface area contributed by atoms with Gasteiger partial charge in [0.05, 0.1) is 0 Å². The van der Waals surface area contributed by atoms with Crippen LogP contribution in [0.3, 0.4) is 0 Å². The first kappa shape index (κ1) is 12.9. The summed E-state index contributed by atoms with van der Waals surface area (Å²) in [5.41, 5.74) is 0. The molecule has 1 saturated carbocycles. The zero-order valence-corrected chi connectivity index (χ0v) is 11.1. The van der Waals surface area contributed by atoms with E-state index in [0.717, 1.165) is 31.8 Å². The SMILES string of the molecule is CNC(CN1CCCCCC1=O)C1CCCC1. The molecule has 0 bridgehead atoms. The van der Waals surface area contributed by atoms with E-state index in [4.69, 9.17) is 0 Å². The third kappa shape index (κ3) is 3.44. The summed E-state index contributed by atoms with van der Waals surface area (Å²) in [6, 6.07) is 0.513. The van der Waals surface area contributed by atoms with Crippen LogP contribution in [0, 0.1) is 5.92 Å². The van der Waals surface area contributed by atoms with Gasteiger partial charge in [-0.15, -0.1) is 0 Å². The van der Waals surface area contributed by atoms with Crippen LogP contribution >= 0.6 is 0 Å². The summed E-state index contributed by atoms with van der Waals surface area (Å²) in [5, 5.41) is 3.44. The molecule has 0 aromatic rings. The van der Waals surface area contributed by atoms with Gasteiger partial charge in [0.25, 0.3) is 0 Å². The summed E-state index contributed by atoms with van der Waals surface area (Å²) in [6.07, 6.45) is 9.68. The van der Waals surface area contributed by atoms with Crippen LogP contribution in [-0.2, 0) is 4.79 Å². The Balaban J connectivity index is 1.89. The fourth-order valence-corrected chi connectivity index (χ4v) is 3.30. The molecule has 0 aromatic heterocycles. The second-order valence-electron chi connectivity index (χ2n) is 5.59. The van der Waals surface area contributed by atoms with E-state index in [2.05, 4.69) is 10.2 Å². The maximum atomic E-state index is 12.0. The molecule has 1 saturated heterocycles. The van der Waals surface area contributed by atoms with E-state index in [1.807, 2.05) is 7.05 Å². The van der Waals surface area contributed by atoms with Gasteiger partial charge in [-0.25, -0.2) is 0 Å². The number of carbonyl (C=O) groups excluding carboxylic acids is 1. The second-order valence-corrected chi connectivity index (χ2v) is 5.59. The minimum absolute atomic E-state index is 0.376. The molecule has 0 aromatic carbocycles. The van der Waals surface area contributed by atoms with Crippen molar-refractivity contribution in [2.75, 3.05) is 20.1 Å². The largest absolute Gasteiger partial charge is 0.341 e. The van der Waals surface area contributed by atoms with Crippen molar-refractivity contribution in [2.45, 2.75) is 57.4 Å². The average molecular weight is 238 g/mol. The van der Waals surface area contributed by atoms with Gasteiger partial charge in [-0.1, -0.05) is 19.3 Å². The quantitative estimate of drug-likeness (QED) is 0.814. The molecule has 1 aliphatic carbocycles. The summed E-state index contributed by atoms with van der Waals surface area (Å²) in [7, 11) is 2.05. The number of rotatable bonds is 4. The molecular formula is C14H26N2O. The maximum Gasteiger partial charge on any atom is 0.222 e. The summed E-state index contributed by atoms with van der Waals surface area (Å²) < 4.78 is 0. The van der Waals surface area contributed by atoms with Crippen molar-refractivity contribution in [3.63, 3.8) is 0 Å².